The molecule has 6 nitrogen and oxygen atoms in total. The van der Waals surface area contributed by atoms with Crippen molar-refractivity contribution in [3.8, 4) is 0 Å². The summed E-state index contributed by atoms with van der Waals surface area (Å²) in [4.78, 5) is 7.83. The van der Waals surface area contributed by atoms with Gasteiger partial charge in [0.05, 0.1) is 7.11 Å². The average molecular weight is 193 g/mol. The van der Waals surface area contributed by atoms with E-state index in [2.05, 4.69) is 9.88 Å². The molecule has 1 aliphatic rings. The molecule has 6 heteroatoms. The molecule has 1 aliphatic heterocycles. The van der Waals surface area contributed by atoms with Crippen LogP contribution in [0.15, 0.2) is 0 Å². The maximum absolute atomic E-state index is 11.9. The number of nitrogens with zero attached hydrogens (tertiary/aromatic N) is 1. The van der Waals surface area contributed by atoms with Gasteiger partial charge in [-0.2, -0.15) is 4.89 Å². The molecule has 0 aliphatic carbocycles. The fraction of sp³-hybridized carbons (Fsp3) is 1.00. The van der Waals surface area contributed by atoms with Crippen molar-refractivity contribution in [1.82, 2.24) is 0 Å². The highest BCUT2D eigenvalue weighted by Crippen LogP contribution is 2.60. The molecule has 0 N–H and O–H groups in total. The van der Waals surface area contributed by atoms with Crippen molar-refractivity contribution in [2.75, 3.05) is 21.3 Å². The van der Waals surface area contributed by atoms with Crippen molar-refractivity contribution < 1.29 is 24.2 Å². The molecular weight excluding hydrogens is 178 g/mol. The van der Waals surface area contributed by atoms with Gasteiger partial charge in [-0.15, -0.1) is 4.81 Å². The third-order valence-electron chi connectivity index (χ3n) is 2.91. The van der Waals surface area contributed by atoms with Crippen LogP contribution in [0.1, 0.15) is 13.8 Å². The van der Waals surface area contributed by atoms with E-state index in [0.717, 1.165) is 0 Å². The summed E-state index contributed by atoms with van der Waals surface area (Å²) in [6, 6.07) is 0. The number of hydroxylamine groups is 4. The number of quaternary nitrogens is 1. The molecule has 1 saturated heterocycles. The Kier molecular flexibility index (Phi) is 2.40. The lowest BCUT2D eigenvalue weighted by Gasteiger charge is -2.21. The normalized spacial score (nSPS) is 49.4. The fourth-order valence-corrected chi connectivity index (χ4v) is 1.54. The van der Waals surface area contributed by atoms with Crippen LogP contribution in [0.25, 0.3) is 0 Å². The lowest BCUT2D eigenvalue weighted by Crippen LogP contribution is -2.31. The van der Waals surface area contributed by atoms with Crippen LogP contribution in [0.2, 0.25) is 0 Å². The molecule has 0 bridgehead atoms. The minimum absolute atomic E-state index is 1.09. The molecule has 0 aromatic rings. The molecule has 0 saturated carbocycles. The topological polar surface area (TPSA) is 60.0 Å². The van der Waals surface area contributed by atoms with E-state index < -0.39 is 16.3 Å². The molecule has 0 aromatic heterocycles. The Bertz CT molecular complexity index is 195. The second-order valence-electron chi connectivity index (χ2n) is 3.17. The second-order valence-corrected chi connectivity index (χ2v) is 3.17. The highest BCUT2D eigenvalue weighted by molar-refractivity contribution is 4.96. The van der Waals surface area contributed by atoms with Gasteiger partial charge < -0.3 is 14.7 Å². The first-order chi connectivity index (χ1) is 5.93. The van der Waals surface area contributed by atoms with Gasteiger partial charge in [0.25, 0.3) is 0 Å². The van der Waals surface area contributed by atoms with Crippen LogP contribution >= 0.6 is 0 Å². The van der Waals surface area contributed by atoms with Crippen LogP contribution in [0.5, 0.6) is 0 Å². The molecular formula is C7H15NO5. The van der Waals surface area contributed by atoms with Gasteiger partial charge in [-0.25, -0.2) is 0 Å². The predicted octanol–water partition coefficient (Wildman–Crippen LogP) is 0.533. The number of methoxy groups -OCH3 is 2. The van der Waals surface area contributed by atoms with Crippen LogP contribution in [0, 0.1) is 5.21 Å². The average Bonchev–Trinajstić information content (AvgIpc) is 2.49. The molecule has 1 rings (SSSR count). The summed E-state index contributed by atoms with van der Waals surface area (Å²) in [5.41, 5.74) is -2.17. The van der Waals surface area contributed by atoms with Crippen molar-refractivity contribution in [3.63, 3.8) is 0 Å². The summed E-state index contributed by atoms with van der Waals surface area (Å²) in [6.07, 6.45) is 0. The lowest BCUT2D eigenvalue weighted by molar-refractivity contribution is -1.08. The molecule has 2 atom stereocenters. The van der Waals surface area contributed by atoms with Crippen LogP contribution in [-0.2, 0) is 19.3 Å². The number of ether oxygens (including phenoxy) is 2. The van der Waals surface area contributed by atoms with Gasteiger partial charge in [0.2, 0.25) is 0 Å². The Hall–Kier alpha value is -0.240. The molecule has 0 spiro atoms. The molecule has 1 heterocycles. The Morgan fingerprint density at radius 1 is 1.00 bits per heavy atom. The molecule has 78 valence electrons. The maximum atomic E-state index is 11.9. The Morgan fingerprint density at radius 2 is 1.38 bits per heavy atom. The highest BCUT2D eigenvalue weighted by atomic mass is 17.4. The summed E-state index contributed by atoms with van der Waals surface area (Å²) in [6.45, 7) is 3.20. The third kappa shape index (κ3) is 0.927. The minimum Gasteiger partial charge on any atom is -0.591 e. The zero-order chi connectivity index (χ0) is 10.3. The van der Waals surface area contributed by atoms with Crippen molar-refractivity contribution in [2.45, 2.75) is 25.3 Å². The fourth-order valence-electron chi connectivity index (χ4n) is 1.54. The van der Waals surface area contributed by atoms with E-state index >= 15 is 0 Å². The lowest BCUT2D eigenvalue weighted by atomic mass is 10.3. The molecule has 0 radical (unpaired) electrons. The molecule has 1 fully saturated rings. The van der Waals surface area contributed by atoms with Gasteiger partial charge >= 0.3 is 11.4 Å². The Morgan fingerprint density at radius 3 is 1.62 bits per heavy atom. The Labute approximate surface area is 77.0 Å². The van der Waals surface area contributed by atoms with Crippen LogP contribution < -0.4 is 0 Å². The van der Waals surface area contributed by atoms with Gasteiger partial charge in [0, 0.05) is 28.1 Å². The highest BCUT2D eigenvalue weighted by Gasteiger charge is 2.89. The third-order valence-corrected chi connectivity index (χ3v) is 2.91. The van der Waals surface area contributed by atoms with Gasteiger partial charge in [-0.1, -0.05) is 0 Å². The van der Waals surface area contributed by atoms with Gasteiger partial charge in [0.1, 0.15) is 0 Å². The summed E-state index contributed by atoms with van der Waals surface area (Å²) in [5.74, 6) is 0. The maximum Gasteiger partial charge on any atom is 0.322 e. The van der Waals surface area contributed by atoms with Gasteiger partial charge in [-0.05, 0) is 4.99 Å². The first-order valence-corrected chi connectivity index (χ1v) is 3.86. The number of hydrogen-bond acceptors (Lipinski definition) is 5. The van der Waals surface area contributed by atoms with E-state index in [1.165, 1.54) is 21.3 Å². The van der Waals surface area contributed by atoms with E-state index in [0.29, 0.717) is 0 Å². The first kappa shape index (κ1) is 10.8. The zero-order valence-corrected chi connectivity index (χ0v) is 8.49. The van der Waals surface area contributed by atoms with E-state index in [1.54, 1.807) is 13.8 Å². The van der Waals surface area contributed by atoms with E-state index in [-0.39, 0.29) is 0 Å². The summed E-state index contributed by atoms with van der Waals surface area (Å²) in [5, 5.41) is 11.9. The first-order valence-electron chi connectivity index (χ1n) is 3.86. The van der Waals surface area contributed by atoms with Crippen molar-refractivity contribution >= 4 is 0 Å². The molecule has 13 heavy (non-hydrogen) atoms. The van der Waals surface area contributed by atoms with Crippen LogP contribution in [-0.4, -0.2) is 37.6 Å². The monoisotopic (exact) mass is 193 g/mol. The predicted molar refractivity (Wildman–Crippen MR) is 42.5 cm³/mol. The van der Waals surface area contributed by atoms with Crippen LogP contribution in [0.4, 0.5) is 0 Å². The summed E-state index contributed by atoms with van der Waals surface area (Å²) >= 11 is 0. The molecule has 0 amide bonds. The van der Waals surface area contributed by atoms with Crippen molar-refractivity contribution in [3.05, 3.63) is 5.21 Å². The molecule has 0 aromatic carbocycles. The smallest absolute Gasteiger partial charge is 0.322 e. The SMILES string of the molecule is COO[N+]1([O-])C(C)(OC)C1(C)OC. The Balaban J connectivity index is 2.89. The minimum atomic E-state index is -1.12. The van der Waals surface area contributed by atoms with E-state index in [9.17, 15) is 5.21 Å². The zero-order valence-electron chi connectivity index (χ0n) is 8.49. The second kappa shape index (κ2) is 2.88. The quantitative estimate of drug-likeness (QED) is 0.214. The van der Waals surface area contributed by atoms with Gasteiger partial charge in [-0.3, -0.25) is 0 Å². The largest absolute Gasteiger partial charge is 0.591 e. The van der Waals surface area contributed by atoms with Crippen LogP contribution in [0.3, 0.4) is 0 Å². The standard InChI is InChI=1S/C7H15NO5/c1-6(10-3)7(2,11-4)8(6,9)13-12-5/h1-5H3. The summed E-state index contributed by atoms with van der Waals surface area (Å²) < 4.78 is 10.1. The number of rotatable bonds is 4. The van der Waals surface area contributed by atoms with Crippen molar-refractivity contribution in [1.29, 1.82) is 0 Å². The number of hydrogen-bond donors (Lipinski definition) is 0. The van der Waals surface area contributed by atoms with E-state index in [1.807, 2.05) is 0 Å². The summed E-state index contributed by atoms with van der Waals surface area (Å²) in [7, 11) is 4.12. The van der Waals surface area contributed by atoms with E-state index in [4.69, 9.17) is 9.47 Å². The van der Waals surface area contributed by atoms with Gasteiger partial charge in [0.15, 0.2) is 0 Å². The molecule has 2 unspecified atom stereocenters. The van der Waals surface area contributed by atoms with Crippen molar-refractivity contribution in [2.24, 2.45) is 0 Å².